The van der Waals surface area contributed by atoms with E-state index in [2.05, 4.69) is 33.1 Å². The Morgan fingerprint density at radius 2 is 1.89 bits per heavy atom. The predicted molar refractivity (Wildman–Crippen MR) is 113 cm³/mol. The van der Waals surface area contributed by atoms with Gasteiger partial charge in [-0.2, -0.15) is 0 Å². The van der Waals surface area contributed by atoms with E-state index in [-0.39, 0.29) is 6.67 Å². The van der Waals surface area contributed by atoms with E-state index >= 15 is 0 Å². The maximum atomic E-state index is 12.5. The molecule has 1 aromatic carbocycles. The van der Waals surface area contributed by atoms with Crippen molar-refractivity contribution in [2.75, 3.05) is 52.4 Å². The monoisotopic (exact) mass is 366 g/mol. The summed E-state index contributed by atoms with van der Waals surface area (Å²) in [6.45, 7) is 1.42. The summed E-state index contributed by atoms with van der Waals surface area (Å²) < 4.78 is 12.5. The Labute approximate surface area is 161 Å². The van der Waals surface area contributed by atoms with Crippen molar-refractivity contribution in [2.45, 2.75) is 0 Å². The van der Waals surface area contributed by atoms with Gasteiger partial charge in [0.25, 0.3) is 0 Å². The summed E-state index contributed by atoms with van der Waals surface area (Å²) in [6.07, 6.45) is 9.77. The van der Waals surface area contributed by atoms with Crippen LogP contribution < -0.4 is 10.2 Å². The average Bonchev–Trinajstić information content (AvgIpc) is 2.66. The second-order valence-electron chi connectivity index (χ2n) is 6.47. The number of nitrogens with one attached hydrogen (secondary N) is 1. The number of hydrogen-bond donors (Lipinski definition) is 1. The minimum absolute atomic E-state index is 0.364. The maximum absolute atomic E-state index is 12.5. The first-order valence-electron chi connectivity index (χ1n) is 8.95. The third-order valence-corrected chi connectivity index (χ3v) is 3.92. The van der Waals surface area contributed by atoms with Crippen LogP contribution >= 0.6 is 0 Å². The summed E-state index contributed by atoms with van der Waals surface area (Å²) in [5.74, 6) is 6.44. The van der Waals surface area contributed by atoms with Crippen LogP contribution in [-0.4, -0.2) is 58.7 Å². The molecular weight excluding hydrogens is 339 g/mol. The van der Waals surface area contributed by atoms with Gasteiger partial charge in [-0.3, -0.25) is 4.99 Å². The SMILES string of the molecule is CN(C)CC1=C(C#Cc2ccc(N(C)CCF)cc2)NC=NCC=CC=C1. The van der Waals surface area contributed by atoms with Crippen LogP contribution in [0.3, 0.4) is 0 Å². The van der Waals surface area contributed by atoms with Crippen LogP contribution in [0.25, 0.3) is 0 Å². The van der Waals surface area contributed by atoms with Gasteiger partial charge in [-0.15, -0.1) is 0 Å². The Hall–Kier alpha value is -2.84. The lowest BCUT2D eigenvalue weighted by Crippen LogP contribution is -2.20. The number of likely N-dealkylation sites (N-methyl/N-ethyl adjacent to an activating group) is 1. The van der Waals surface area contributed by atoms with E-state index < -0.39 is 0 Å². The molecule has 0 radical (unpaired) electrons. The molecule has 1 N–H and O–H groups in total. The number of alkyl halides is 1. The second-order valence-corrected chi connectivity index (χ2v) is 6.47. The zero-order valence-corrected chi connectivity index (χ0v) is 16.2. The summed E-state index contributed by atoms with van der Waals surface area (Å²) in [4.78, 5) is 8.28. The smallest absolute Gasteiger partial charge is 0.107 e. The summed E-state index contributed by atoms with van der Waals surface area (Å²) in [5.41, 5.74) is 3.80. The van der Waals surface area contributed by atoms with Crippen molar-refractivity contribution in [3.63, 3.8) is 0 Å². The fraction of sp³-hybridized carbons (Fsp3) is 0.318. The van der Waals surface area contributed by atoms with Crippen molar-refractivity contribution in [1.82, 2.24) is 10.2 Å². The molecule has 1 heterocycles. The van der Waals surface area contributed by atoms with Crippen molar-refractivity contribution < 1.29 is 4.39 Å². The molecule has 0 spiro atoms. The fourth-order valence-corrected chi connectivity index (χ4v) is 2.49. The van der Waals surface area contributed by atoms with Crippen molar-refractivity contribution in [3.05, 3.63) is 65.4 Å². The highest BCUT2D eigenvalue weighted by Gasteiger charge is 2.04. The molecule has 1 aromatic rings. The molecule has 0 aliphatic carbocycles. The number of hydrogen-bond acceptors (Lipinski definition) is 4. The first-order valence-corrected chi connectivity index (χ1v) is 8.95. The predicted octanol–water partition coefficient (Wildman–Crippen LogP) is 3.00. The van der Waals surface area contributed by atoms with Crippen LogP contribution in [0.2, 0.25) is 0 Å². The minimum atomic E-state index is -0.364. The van der Waals surface area contributed by atoms with Gasteiger partial charge < -0.3 is 15.1 Å². The Balaban J connectivity index is 2.28. The first-order chi connectivity index (χ1) is 13.1. The van der Waals surface area contributed by atoms with E-state index in [1.807, 2.05) is 68.5 Å². The average molecular weight is 366 g/mol. The van der Waals surface area contributed by atoms with Crippen molar-refractivity contribution in [3.8, 4) is 11.8 Å². The lowest BCUT2D eigenvalue weighted by Gasteiger charge is -2.17. The Kier molecular flexibility index (Phi) is 8.34. The van der Waals surface area contributed by atoms with Crippen molar-refractivity contribution >= 4 is 12.0 Å². The number of anilines is 1. The zero-order chi connectivity index (χ0) is 19.5. The van der Waals surface area contributed by atoms with Gasteiger partial charge in [-0.1, -0.05) is 30.2 Å². The summed E-state index contributed by atoms with van der Waals surface area (Å²) in [6, 6.07) is 7.83. The lowest BCUT2D eigenvalue weighted by atomic mass is 10.1. The number of aliphatic imine (C=N–C) groups is 1. The molecule has 2 rings (SSSR count). The van der Waals surface area contributed by atoms with E-state index in [0.29, 0.717) is 13.1 Å². The van der Waals surface area contributed by atoms with Gasteiger partial charge in [-0.25, -0.2) is 4.39 Å². The van der Waals surface area contributed by atoms with E-state index in [9.17, 15) is 4.39 Å². The molecule has 0 aromatic heterocycles. The molecule has 0 fully saturated rings. The molecule has 1 aliphatic rings. The van der Waals surface area contributed by atoms with Crippen LogP contribution in [0, 0.1) is 11.8 Å². The zero-order valence-electron chi connectivity index (χ0n) is 16.2. The normalized spacial score (nSPS) is 14.0. The van der Waals surface area contributed by atoms with Gasteiger partial charge in [-0.05, 0) is 49.9 Å². The third-order valence-electron chi connectivity index (χ3n) is 3.92. The highest BCUT2D eigenvalue weighted by Crippen LogP contribution is 2.13. The van der Waals surface area contributed by atoms with E-state index in [4.69, 9.17) is 0 Å². The summed E-state index contributed by atoms with van der Waals surface area (Å²) in [7, 11) is 5.94. The molecule has 142 valence electrons. The molecule has 0 atom stereocenters. The Morgan fingerprint density at radius 3 is 2.59 bits per heavy atom. The van der Waals surface area contributed by atoms with Gasteiger partial charge in [0.15, 0.2) is 0 Å². The van der Waals surface area contributed by atoms with Crippen molar-refractivity contribution in [2.24, 2.45) is 4.99 Å². The van der Waals surface area contributed by atoms with E-state index in [1.54, 1.807) is 6.34 Å². The first kappa shape index (κ1) is 20.5. The highest BCUT2D eigenvalue weighted by molar-refractivity contribution is 5.62. The minimum Gasteiger partial charge on any atom is -0.372 e. The molecule has 4 nitrogen and oxygen atoms in total. The van der Waals surface area contributed by atoms with Crippen molar-refractivity contribution in [1.29, 1.82) is 0 Å². The molecule has 27 heavy (non-hydrogen) atoms. The van der Waals surface area contributed by atoms with E-state index in [0.717, 1.165) is 29.1 Å². The number of benzene rings is 1. The molecule has 0 saturated heterocycles. The van der Waals surface area contributed by atoms with Gasteiger partial charge in [0.1, 0.15) is 6.67 Å². The summed E-state index contributed by atoms with van der Waals surface area (Å²) >= 11 is 0. The number of rotatable bonds is 5. The molecule has 1 aliphatic heterocycles. The largest absolute Gasteiger partial charge is 0.372 e. The third kappa shape index (κ3) is 7.12. The van der Waals surface area contributed by atoms with Crippen LogP contribution in [0.1, 0.15) is 5.56 Å². The van der Waals surface area contributed by atoms with Gasteiger partial charge >= 0.3 is 0 Å². The summed E-state index contributed by atoms with van der Waals surface area (Å²) in [5, 5.41) is 3.21. The lowest BCUT2D eigenvalue weighted by molar-refractivity contribution is 0.447. The molecule has 0 saturated carbocycles. The van der Waals surface area contributed by atoms with Crippen LogP contribution in [0.4, 0.5) is 10.1 Å². The topological polar surface area (TPSA) is 30.9 Å². The molecule has 0 unspecified atom stereocenters. The van der Waals surface area contributed by atoms with Crippen LogP contribution in [0.15, 0.2) is 64.8 Å². The van der Waals surface area contributed by atoms with Crippen LogP contribution in [0.5, 0.6) is 0 Å². The molecule has 0 bridgehead atoms. The highest BCUT2D eigenvalue weighted by atomic mass is 19.1. The quantitative estimate of drug-likeness (QED) is 0.813. The Morgan fingerprint density at radius 1 is 1.11 bits per heavy atom. The molecule has 5 heteroatoms. The number of halogens is 1. The number of allylic oxidation sites excluding steroid dienone is 3. The number of nitrogens with zero attached hydrogens (tertiary/aromatic N) is 3. The second kappa shape index (κ2) is 11.0. The molecular formula is C22H27FN4. The van der Waals surface area contributed by atoms with Gasteiger partial charge in [0.2, 0.25) is 0 Å². The molecule has 0 amide bonds. The Bertz CT molecular complexity index is 777. The maximum Gasteiger partial charge on any atom is 0.107 e. The van der Waals surface area contributed by atoms with Gasteiger partial charge in [0.05, 0.1) is 18.6 Å². The van der Waals surface area contributed by atoms with Crippen LogP contribution in [-0.2, 0) is 0 Å². The van der Waals surface area contributed by atoms with E-state index in [1.165, 1.54) is 0 Å². The fourth-order valence-electron chi connectivity index (χ4n) is 2.49. The van der Waals surface area contributed by atoms with Gasteiger partial charge in [0, 0.05) is 31.4 Å². The standard InChI is InChI=1S/C22H27FN4/c1-26(2)17-20-7-5-4-6-15-24-18-25-22(20)13-10-19-8-11-21(12-9-19)27(3)16-14-23/h4-9,11-12,18H,14-17H2,1-3H3,(H,24,25).